The minimum absolute atomic E-state index is 0.0429. The molecule has 0 heterocycles. The molecule has 2 unspecified atom stereocenters. The first-order chi connectivity index (χ1) is 17.5. The Morgan fingerprint density at radius 2 is 1.50 bits per heavy atom. The van der Waals surface area contributed by atoms with Gasteiger partial charge in [-0.25, -0.2) is 4.79 Å². The summed E-state index contributed by atoms with van der Waals surface area (Å²) in [4.78, 5) is 42.1. The highest BCUT2D eigenvalue weighted by Gasteiger charge is 2.42. The number of carbonyl (C=O) groups is 3. The van der Waals surface area contributed by atoms with Crippen LogP contribution in [0.2, 0.25) is 0 Å². The summed E-state index contributed by atoms with van der Waals surface area (Å²) in [5.74, 6) is -0.903. The standard InChI is InChI=1S/C29H41N3O6/c1-18(2)30-25(35)24(20-10-9-11-22(34)17-20)32(28(3,4)5)26(36)23(31-27(37)38-29(6,7)8)16-19-12-14-21(33)15-13-19/h9-15,17-18,23-24,33-34H,16H2,1-8H3,(H,30,35)(H,31,37). The van der Waals surface area contributed by atoms with E-state index < -0.39 is 41.1 Å². The third kappa shape index (κ3) is 8.97. The number of carbonyl (C=O) groups excluding carboxylic acids is 3. The SMILES string of the molecule is CC(C)NC(=O)C(c1cccc(O)c1)N(C(=O)C(Cc1ccc(O)cc1)NC(=O)OC(C)(C)C)C(C)(C)C. The Bertz CT molecular complexity index is 1120. The molecule has 2 atom stereocenters. The number of rotatable bonds is 8. The molecule has 0 aliphatic heterocycles. The van der Waals surface area contributed by atoms with Gasteiger partial charge < -0.3 is 30.5 Å². The van der Waals surface area contributed by atoms with Crippen molar-refractivity contribution in [3.63, 3.8) is 0 Å². The molecule has 2 aromatic carbocycles. The van der Waals surface area contributed by atoms with E-state index in [0.717, 1.165) is 0 Å². The predicted octanol–water partition coefficient (Wildman–Crippen LogP) is 4.43. The van der Waals surface area contributed by atoms with Crippen LogP contribution in [-0.4, -0.2) is 56.2 Å². The number of ether oxygens (including phenoxy) is 1. The van der Waals surface area contributed by atoms with Gasteiger partial charge in [-0.15, -0.1) is 0 Å². The number of alkyl carbamates (subject to hydrolysis) is 1. The average Bonchev–Trinajstić information content (AvgIpc) is 2.75. The summed E-state index contributed by atoms with van der Waals surface area (Å²) in [7, 11) is 0. The number of nitrogens with one attached hydrogen (secondary N) is 2. The lowest BCUT2D eigenvalue weighted by molar-refractivity contribution is -0.148. The van der Waals surface area contributed by atoms with E-state index in [4.69, 9.17) is 4.74 Å². The van der Waals surface area contributed by atoms with Gasteiger partial charge in [-0.1, -0.05) is 24.3 Å². The molecule has 3 amide bonds. The topological polar surface area (TPSA) is 128 Å². The number of amides is 3. The fraction of sp³-hybridized carbons (Fsp3) is 0.483. The van der Waals surface area contributed by atoms with Crippen molar-refractivity contribution in [2.24, 2.45) is 0 Å². The van der Waals surface area contributed by atoms with Crippen molar-refractivity contribution in [2.45, 2.75) is 91.1 Å². The van der Waals surface area contributed by atoms with Crippen LogP contribution in [-0.2, 0) is 20.7 Å². The van der Waals surface area contributed by atoms with Crippen LogP contribution in [0.3, 0.4) is 0 Å². The van der Waals surface area contributed by atoms with Gasteiger partial charge in [0.15, 0.2) is 0 Å². The maximum absolute atomic E-state index is 14.3. The van der Waals surface area contributed by atoms with Crippen LogP contribution in [0.25, 0.3) is 0 Å². The highest BCUT2D eigenvalue weighted by Crippen LogP contribution is 2.32. The van der Waals surface area contributed by atoms with E-state index in [9.17, 15) is 24.6 Å². The Morgan fingerprint density at radius 1 is 0.895 bits per heavy atom. The van der Waals surface area contributed by atoms with Gasteiger partial charge in [0.05, 0.1) is 0 Å². The summed E-state index contributed by atoms with van der Waals surface area (Å²) in [5.41, 5.74) is -0.551. The maximum Gasteiger partial charge on any atom is 0.408 e. The van der Waals surface area contributed by atoms with Gasteiger partial charge >= 0.3 is 6.09 Å². The lowest BCUT2D eigenvalue weighted by Gasteiger charge is -2.43. The summed E-state index contributed by atoms with van der Waals surface area (Å²) in [6.45, 7) is 14.2. The molecular formula is C29H41N3O6. The average molecular weight is 528 g/mol. The Morgan fingerprint density at radius 3 is 2.00 bits per heavy atom. The quantitative estimate of drug-likeness (QED) is 0.402. The first-order valence-electron chi connectivity index (χ1n) is 12.7. The van der Waals surface area contributed by atoms with Crippen LogP contribution in [0, 0.1) is 0 Å². The lowest BCUT2D eigenvalue weighted by atomic mass is 9.94. The number of phenols is 2. The molecule has 2 aromatic rings. The summed E-state index contributed by atoms with van der Waals surface area (Å²) < 4.78 is 5.43. The second kappa shape index (κ2) is 12.2. The zero-order chi connectivity index (χ0) is 28.8. The summed E-state index contributed by atoms with van der Waals surface area (Å²) in [5, 5.41) is 25.4. The van der Waals surface area contributed by atoms with Gasteiger partial charge in [0.2, 0.25) is 11.8 Å². The number of aromatic hydroxyl groups is 2. The van der Waals surface area contributed by atoms with E-state index in [1.54, 1.807) is 65.8 Å². The van der Waals surface area contributed by atoms with Crippen LogP contribution in [0.4, 0.5) is 4.79 Å². The lowest BCUT2D eigenvalue weighted by Crippen LogP contribution is -2.59. The normalized spacial score (nSPS) is 13.4. The summed E-state index contributed by atoms with van der Waals surface area (Å²) in [6.07, 6.45) is -0.687. The van der Waals surface area contributed by atoms with E-state index in [-0.39, 0.29) is 24.0 Å². The molecule has 9 heteroatoms. The van der Waals surface area contributed by atoms with Crippen LogP contribution in [0.1, 0.15) is 72.6 Å². The molecule has 0 radical (unpaired) electrons. The minimum Gasteiger partial charge on any atom is -0.508 e. The van der Waals surface area contributed by atoms with Crippen molar-refractivity contribution >= 4 is 17.9 Å². The molecule has 38 heavy (non-hydrogen) atoms. The minimum atomic E-state index is -1.10. The molecule has 208 valence electrons. The molecular weight excluding hydrogens is 486 g/mol. The van der Waals surface area contributed by atoms with E-state index in [0.29, 0.717) is 11.1 Å². The van der Waals surface area contributed by atoms with E-state index >= 15 is 0 Å². The molecule has 0 aliphatic rings. The molecule has 0 spiro atoms. The zero-order valence-corrected chi connectivity index (χ0v) is 23.5. The van der Waals surface area contributed by atoms with Crippen molar-refractivity contribution in [3.05, 3.63) is 59.7 Å². The fourth-order valence-corrected chi connectivity index (χ4v) is 4.01. The molecule has 0 fully saturated rings. The number of phenolic OH excluding ortho intramolecular Hbond substituents is 2. The van der Waals surface area contributed by atoms with Gasteiger partial charge in [-0.05, 0) is 90.8 Å². The molecule has 4 N–H and O–H groups in total. The zero-order valence-electron chi connectivity index (χ0n) is 23.5. The van der Waals surface area contributed by atoms with Crippen molar-refractivity contribution in [2.75, 3.05) is 0 Å². The molecule has 0 saturated heterocycles. The third-order valence-corrected chi connectivity index (χ3v) is 5.45. The second-order valence-corrected chi connectivity index (χ2v) is 11.6. The van der Waals surface area contributed by atoms with Crippen molar-refractivity contribution in [1.82, 2.24) is 15.5 Å². The van der Waals surface area contributed by atoms with Crippen molar-refractivity contribution in [3.8, 4) is 11.5 Å². The first-order valence-corrected chi connectivity index (χ1v) is 12.7. The van der Waals surface area contributed by atoms with Gasteiger partial charge in [0.25, 0.3) is 0 Å². The largest absolute Gasteiger partial charge is 0.508 e. The van der Waals surface area contributed by atoms with Crippen LogP contribution in [0.15, 0.2) is 48.5 Å². The fourth-order valence-electron chi connectivity index (χ4n) is 4.01. The van der Waals surface area contributed by atoms with Gasteiger partial charge in [-0.2, -0.15) is 0 Å². The van der Waals surface area contributed by atoms with Crippen LogP contribution < -0.4 is 10.6 Å². The van der Waals surface area contributed by atoms with Gasteiger partial charge in [0.1, 0.15) is 29.2 Å². The monoisotopic (exact) mass is 527 g/mol. The van der Waals surface area contributed by atoms with Crippen molar-refractivity contribution < 1.29 is 29.3 Å². The maximum atomic E-state index is 14.3. The Labute approximate surface area is 225 Å². The Kier molecular flexibility index (Phi) is 9.78. The number of benzene rings is 2. The molecule has 0 aromatic heterocycles. The first kappa shape index (κ1) is 30.5. The Hall–Kier alpha value is -3.75. The molecule has 0 bridgehead atoms. The number of hydrogen-bond acceptors (Lipinski definition) is 6. The van der Waals surface area contributed by atoms with Crippen LogP contribution in [0.5, 0.6) is 11.5 Å². The highest BCUT2D eigenvalue weighted by atomic mass is 16.6. The highest BCUT2D eigenvalue weighted by molar-refractivity contribution is 5.93. The van der Waals surface area contributed by atoms with E-state index in [1.165, 1.54) is 29.2 Å². The molecule has 2 rings (SSSR count). The van der Waals surface area contributed by atoms with Crippen LogP contribution >= 0.6 is 0 Å². The smallest absolute Gasteiger partial charge is 0.408 e. The predicted molar refractivity (Wildman–Crippen MR) is 146 cm³/mol. The number of hydrogen-bond donors (Lipinski definition) is 4. The van der Waals surface area contributed by atoms with E-state index in [1.807, 2.05) is 13.8 Å². The van der Waals surface area contributed by atoms with E-state index in [2.05, 4.69) is 10.6 Å². The third-order valence-electron chi connectivity index (χ3n) is 5.45. The number of nitrogens with zero attached hydrogens (tertiary/aromatic N) is 1. The molecule has 9 nitrogen and oxygen atoms in total. The summed E-state index contributed by atoms with van der Waals surface area (Å²) >= 11 is 0. The summed E-state index contributed by atoms with van der Waals surface area (Å²) in [6, 6.07) is 10.1. The van der Waals surface area contributed by atoms with Gasteiger partial charge in [-0.3, -0.25) is 9.59 Å². The molecule has 0 aliphatic carbocycles. The molecule has 0 saturated carbocycles. The van der Waals surface area contributed by atoms with Crippen molar-refractivity contribution in [1.29, 1.82) is 0 Å². The van der Waals surface area contributed by atoms with Gasteiger partial charge in [0, 0.05) is 18.0 Å². The second-order valence-electron chi connectivity index (χ2n) is 11.6. The Balaban J connectivity index is 2.61.